The third kappa shape index (κ3) is 4.95. The van der Waals surface area contributed by atoms with Crippen molar-refractivity contribution in [1.29, 1.82) is 0 Å². The predicted octanol–water partition coefficient (Wildman–Crippen LogP) is 5.80. The number of hydrogen-bond donors (Lipinski definition) is 1. The number of benzene rings is 1. The van der Waals surface area contributed by atoms with Gasteiger partial charge in [0.25, 0.3) is 0 Å². The zero-order valence-electron chi connectivity index (χ0n) is 21.7. The molecule has 4 rings (SSSR count). The van der Waals surface area contributed by atoms with Gasteiger partial charge in [-0.15, -0.1) is 0 Å². The van der Waals surface area contributed by atoms with Crippen molar-refractivity contribution in [3.63, 3.8) is 0 Å². The van der Waals surface area contributed by atoms with Crippen LogP contribution in [-0.4, -0.2) is 59.1 Å². The molecule has 1 aromatic carbocycles. The smallest absolute Gasteiger partial charge is 0.420 e. The monoisotopic (exact) mass is 574 g/mol. The number of urea groups is 1. The van der Waals surface area contributed by atoms with E-state index in [0.717, 1.165) is 18.0 Å². The molecule has 1 aromatic heterocycles. The molecular formula is C27H28F6N2O5. The molecule has 0 saturated carbocycles. The van der Waals surface area contributed by atoms with Crippen molar-refractivity contribution in [3.05, 3.63) is 63.5 Å². The van der Waals surface area contributed by atoms with E-state index >= 15 is 0 Å². The fourth-order valence-corrected chi connectivity index (χ4v) is 5.34. The van der Waals surface area contributed by atoms with E-state index in [1.54, 1.807) is 13.0 Å². The van der Waals surface area contributed by atoms with Crippen LogP contribution in [0.25, 0.3) is 11.0 Å². The van der Waals surface area contributed by atoms with Gasteiger partial charge in [0.2, 0.25) is 5.54 Å². The molecule has 2 aliphatic rings. The van der Waals surface area contributed by atoms with E-state index in [4.69, 9.17) is 9.15 Å². The Morgan fingerprint density at radius 3 is 2.48 bits per heavy atom. The Balaban J connectivity index is 1.55. The van der Waals surface area contributed by atoms with Gasteiger partial charge in [-0.3, -0.25) is 4.90 Å². The Hall–Kier alpha value is -3.48. The van der Waals surface area contributed by atoms with Gasteiger partial charge in [-0.2, -0.15) is 26.3 Å². The third-order valence-electron chi connectivity index (χ3n) is 7.18. The molecule has 2 heterocycles. The first-order chi connectivity index (χ1) is 18.7. The molecule has 7 nitrogen and oxygen atoms in total. The molecule has 40 heavy (non-hydrogen) atoms. The molecule has 2 amide bonds. The van der Waals surface area contributed by atoms with E-state index < -0.39 is 41.3 Å². The minimum Gasteiger partial charge on any atom is -0.493 e. The summed E-state index contributed by atoms with van der Waals surface area (Å²) in [6.45, 7) is 1.34. The number of amides is 2. The SMILES string of the molecule is CCCc1c(OCCCN2C(=O)N(C)C(C3=CCCC=C3)(C(F)(F)F)C2O)ccc2c(C(F)(F)F)cc(=O)oc12. The lowest BCUT2D eigenvalue weighted by molar-refractivity contribution is -0.231. The summed E-state index contributed by atoms with van der Waals surface area (Å²) < 4.78 is 94.7. The molecule has 218 valence electrons. The number of fused-ring (bicyclic) bond motifs is 1. The quantitative estimate of drug-likeness (QED) is 0.245. The average Bonchev–Trinajstić information content (AvgIpc) is 3.07. The highest BCUT2D eigenvalue weighted by Crippen LogP contribution is 2.49. The lowest BCUT2D eigenvalue weighted by atomic mass is 9.83. The number of nitrogens with zero attached hydrogens (tertiary/aromatic N) is 2. The maximum atomic E-state index is 14.5. The molecular weight excluding hydrogens is 546 g/mol. The fraction of sp³-hybridized carbons (Fsp3) is 0.481. The topological polar surface area (TPSA) is 83.2 Å². The summed E-state index contributed by atoms with van der Waals surface area (Å²) >= 11 is 0. The number of allylic oxidation sites excluding steroid dienone is 2. The summed E-state index contributed by atoms with van der Waals surface area (Å²) in [5.41, 5.74) is -5.47. The van der Waals surface area contributed by atoms with Crippen molar-refractivity contribution in [3.8, 4) is 5.75 Å². The van der Waals surface area contributed by atoms with E-state index in [2.05, 4.69) is 0 Å². The number of aliphatic hydroxyl groups is 1. The van der Waals surface area contributed by atoms with Crippen molar-refractivity contribution >= 4 is 17.0 Å². The Morgan fingerprint density at radius 1 is 1.15 bits per heavy atom. The summed E-state index contributed by atoms with van der Waals surface area (Å²) in [6, 6.07) is 1.81. The van der Waals surface area contributed by atoms with Crippen LogP contribution in [-0.2, 0) is 12.6 Å². The molecule has 1 aliphatic heterocycles. The van der Waals surface area contributed by atoms with Gasteiger partial charge in [-0.25, -0.2) is 9.59 Å². The lowest BCUT2D eigenvalue weighted by Gasteiger charge is -2.40. The molecule has 13 heteroatoms. The second-order valence-electron chi connectivity index (χ2n) is 9.66. The van der Waals surface area contributed by atoms with E-state index in [1.165, 1.54) is 18.2 Å². The van der Waals surface area contributed by atoms with Crippen molar-refractivity contribution in [2.45, 2.75) is 63.1 Å². The van der Waals surface area contributed by atoms with Crippen LogP contribution in [0.5, 0.6) is 5.75 Å². The number of alkyl halides is 6. The van der Waals surface area contributed by atoms with Crippen LogP contribution < -0.4 is 10.4 Å². The number of halogens is 6. The Labute approximate surface area is 225 Å². The van der Waals surface area contributed by atoms with Crippen molar-refractivity contribution < 1.29 is 45.4 Å². The van der Waals surface area contributed by atoms with Gasteiger partial charge < -0.3 is 19.2 Å². The lowest BCUT2D eigenvalue weighted by Crippen LogP contribution is -2.62. The number of hydrogen-bond acceptors (Lipinski definition) is 5. The summed E-state index contributed by atoms with van der Waals surface area (Å²) in [6.07, 6.45) is -6.20. The highest BCUT2D eigenvalue weighted by Gasteiger charge is 2.71. The molecule has 0 radical (unpaired) electrons. The van der Waals surface area contributed by atoms with Gasteiger partial charge in [-0.05, 0) is 43.4 Å². The van der Waals surface area contributed by atoms with Gasteiger partial charge in [-0.1, -0.05) is 31.6 Å². The number of aryl methyl sites for hydroxylation is 1. The third-order valence-corrected chi connectivity index (χ3v) is 7.18. The van der Waals surface area contributed by atoms with E-state index in [1.807, 2.05) is 0 Å². The van der Waals surface area contributed by atoms with Gasteiger partial charge in [0.15, 0.2) is 6.23 Å². The van der Waals surface area contributed by atoms with Crippen LogP contribution in [0.4, 0.5) is 31.1 Å². The molecule has 2 unspecified atom stereocenters. The van der Waals surface area contributed by atoms with Crippen LogP contribution in [0.3, 0.4) is 0 Å². The molecule has 2 atom stereocenters. The highest BCUT2D eigenvalue weighted by molar-refractivity contribution is 5.85. The highest BCUT2D eigenvalue weighted by atomic mass is 19.4. The number of carbonyl (C=O) groups excluding carboxylic acids is 1. The maximum absolute atomic E-state index is 14.5. The number of rotatable bonds is 8. The van der Waals surface area contributed by atoms with Crippen molar-refractivity contribution in [2.75, 3.05) is 20.2 Å². The molecule has 1 fully saturated rings. The molecule has 0 bridgehead atoms. The second-order valence-corrected chi connectivity index (χ2v) is 9.66. The fourth-order valence-electron chi connectivity index (χ4n) is 5.34. The van der Waals surface area contributed by atoms with Crippen LogP contribution in [0.15, 0.2) is 51.2 Å². The molecule has 1 N–H and O–H groups in total. The Kier molecular flexibility index (Phi) is 7.99. The number of carbonyl (C=O) groups is 1. The number of likely N-dealkylation sites (N-methyl/N-ethyl adjacent to an activating group) is 1. The van der Waals surface area contributed by atoms with Crippen molar-refractivity contribution in [2.24, 2.45) is 0 Å². The standard InChI is InChI=1S/C27H28F6N2O5/c1-3-8-18-20(12-11-17-19(26(28,29)30)15-21(36)40-22(17)18)39-14-7-13-35-23(37)25(27(31,32)33,34(2)24(35)38)16-9-5-4-6-10-16/h5,9-12,15,23,37H,3-4,6-8,13-14H2,1-2H3. The minimum absolute atomic E-state index is 0.00436. The molecule has 0 spiro atoms. The van der Waals surface area contributed by atoms with E-state index in [0.29, 0.717) is 30.2 Å². The average molecular weight is 575 g/mol. The number of aliphatic hydroxyl groups excluding tert-OH is 1. The minimum atomic E-state index is -4.98. The summed E-state index contributed by atoms with van der Waals surface area (Å²) in [4.78, 5) is 26.0. The number of ether oxygens (including phenoxy) is 1. The van der Waals surface area contributed by atoms with Crippen LogP contribution in [0, 0.1) is 0 Å². The van der Waals surface area contributed by atoms with Gasteiger partial charge >= 0.3 is 24.0 Å². The zero-order chi connectivity index (χ0) is 29.5. The van der Waals surface area contributed by atoms with Gasteiger partial charge in [0.1, 0.15) is 11.3 Å². The normalized spacial score (nSPS) is 21.9. The maximum Gasteiger partial charge on any atom is 0.420 e. The van der Waals surface area contributed by atoms with Crippen LogP contribution in [0.1, 0.15) is 43.7 Å². The van der Waals surface area contributed by atoms with Crippen molar-refractivity contribution in [1.82, 2.24) is 9.80 Å². The van der Waals surface area contributed by atoms with Crippen LogP contribution in [0.2, 0.25) is 0 Å². The predicted molar refractivity (Wildman–Crippen MR) is 133 cm³/mol. The molecule has 1 aliphatic carbocycles. The van der Waals surface area contributed by atoms with Gasteiger partial charge in [0.05, 0.1) is 12.2 Å². The first kappa shape index (κ1) is 29.5. The first-order valence-electron chi connectivity index (χ1n) is 12.7. The Morgan fingerprint density at radius 2 is 1.88 bits per heavy atom. The van der Waals surface area contributed by atoms with E-state index in [-0.39, 0.29) is 53.8 Å². The molecule has 1 saturated heterocycles. The zero-order valence-corrected chi connectivity index (χ0v) is 21.7. The second kappa shape index (κ2) is 10.8. The summed E-state index contributed by atoms with van der Waals surface area (Å²) in [5, 5.41) is 10.6. The van der Waals surface area contributed by atoms with Crippen LogP contribution >= 0.6 is 0 Å². The van der Waals surface area contributed by atoms with Gasteiger partial charge in [0, 0.05) is 30.6 Å². The largest absolute Gasteiger partial charge is 0.493 e. The summed E-state index contributed by atoms with van der Waals surface area (Å²) in [5.74, 6) is 0.143. The Bertz CT molecular complexity index is 1400. The molecule has 2 aromatic rings. The summed E-state index contributed by atoms with van der Waals surface area (Å²) in [7, 11) is 0.994. The van der Waals surface area contributed by atoms with E-state index in [9.17, 15) is 41.0 Å². The first-order valence-corrected chi connectivity index (χ1v) is 12.7.